The summed E-state index contributed by atoms with van der Waals surface area (Å²) >= 11 is 1.82. The molecule has 0 amide bonds. The van der Waals surface area contributed by atoms with Crippen LogP contribution in [0.1, 0.15) is 38.5 Å². The van der Waals surface area contributed by atoms with Crippen molar-refractivity contribution in [1.82, 2.24) is 10.3 Å². The van der Waals surface area contributed by atoms with Crippen molar-refractivity contribution in [3.05, 3.63) is 11.1 Å². The van der Waals surface area contributed by atoms with Crippen molar-refractivity contribution in [2.45, 2.75) is 46.2 Å². The molecule has 1 N–H and O–H groups in total. The third kappa shape index (κ3) is 3.19. The highest BCUT2D eigenvalue weighted by Gasteiger charge is 2.24. The first-order valence-corrected chi connectivity index (χ1v) is 7.47. The molecule has 0 unspecified atom stereocenters. The van der Waals surface area contributed by atoms with E-state index >= 15 is 0 Å². The van der Waals surface area contributed by atoms with Gasteiger partial charge in [-0.2, -0.15) is 0 Å². The maximum absolute atomic E-state index is 4.50. The molecule has 2 rings (SSSR count). The number of hydrogen-bond donors (Lipinski definition) is 1. The molecule has 0 aromatic carbocycles. The van der Waals surface area contributed by atoms with Crippen LogP contribution >= 0.6 is 11.3 Å². The van der Waals surface area contributed by atoms with Crippen LogP contribution in [0.25, 0.3) is 0 Å². The fourth-order valence-electron chi connectivity index (χ4n) is 2.33. The molecule has 4 heteroatoms. The minimum atomic E-state index is 0.740. The molecule has 3 nitrogen and oxygen atoms in total. The molecule has 0 atom stereocenters. The molecule has 17 heavy (non-hydrogen) atoms. The lowest BCUT2D eigenvalue weighted by Gasteiger charge is -2.33. The van der Waals surface area contributed by atoms with E-state index in [4.69, 9.17) is 0 Å². The second-order valence-electron chi connectivity index (χ2n) is 4.94. The summed E-state index contributed by atoms with van der Waals surface area (Å²) in [6, 6.07) is 0.740. The van der Waals surface area contributed by atoms with Crippen molar-refractivity contribution in [3.8, 4) is 0 Å². The Balaban J connectivity index is 1.81. The Morgan fingerprint density at radius 3 is 2.71 bits per heavy atom. The molecule has 0 radical (unpaired) electrons. The van der Waals surface area contributed by atoms with Crippen LogP contribution in [0.4, 0.5) is 5.13 Å². The Kier molecular flexibility index (Phi) is 4.40. The SMILES string of the molecule is CCN(CC)c1ncc(CNC2CC(C)C2)s1. The number of anilines is 1. The van der Waals surface area contributed by atoms with Crippen molar-refractivity contribution in [1.29, 1.82) is 0 Å². The topological polar surface area (TPSA) is 28.2 Å². The summed E-state index contributed by atoms with van der Waals surface area (Å²) in [4.78, 5) is 8.16. The van der Waals surface area contributed by atoms with E-state index < -0.39 is 0 Å². The van der Waals surface area contributed by atoms with Crippen LogP contribution in [0.15, 0.2) is 6.20 Å². The molecule has 0 saturated heterocycles. The second-order valence-corrected chi connectivity index (χ2v) is 6.03. The van der Waals surface area contributed by atoms with Gasteiger partial charge in [-0.15, -0.1) is 11.3 Å². The largest absolute Gasteiger partial charge is 0.349 e. The van der Waals surface area contributed by atoms with Gasteiger partial charge in [0.2, 0.25) is 0 Å². The van der Waals surface area contributed by atoms with Crippen molar-refractivity contribution in [2.24, 2.45) is 5.92 Å². The van der Waals surface area contributed by atoms with Crippen molar-refractivity contribution < 1.29 is 0 Å². The zero-order chi connectivity index (χ0) is 12.3. The highest BCUT2D eigenvalue weighted by molar-refractivity contribution is 7.15. The highest BCUT2D eigenvalue weighted by Crippen LogP contribution is 2.27. The molecular formula is C13H23N3S. The van der Waals surface area contributed by atoms with Crippen LogP contribution in [0.2, 0.25) is 0 Å². The standard InChI is InChI=1S/C13H23N3S/c1-4-16(5-2)13-15-9-12(17-13)8-14-11-6-10(3)7-11/h9-11,14H,4-8H2,1-3H3. The minimum absolute atomic E-state index is 0.740. The van der Waals surface area contributed by atoms with Crippen molar-refractivity contribution in [3.63, 3.8) is 0 Å². The van der Waals surface area contributed by atoms with Crippen LogP contribution in [0.5, 0.6) is 0 Å². The predicted octanol–water partition coefficient (Wildman–Crippen LogP) is 2.88. The minimum Gasteiger partial charge on any atom is -0.349 e. The average molecular weight is 253 g/mol. The van der Waals surface area contributed by atoms with E-state index in [0.717, 1.165) is 36.7 Å². The molecule has 0 aliphatic heterocycles. The second kappa shape index (κ2) is 5.83. The zero-order valence-electron chi connectivity index (χ0n) is 11.1. The first-order valence-electron chi connectivity index (χ1n) is 6.66. The van der Waals surface area contributed by atoms with Gasteiger partial charge < -0.3 is 10.2 Å². The summed E-state index contributed by atoms with van der Waals surface area (Å²) in [6.45, 7) is 9.74. The lowest BCUT2D eigenvalue weighted by Crippen LogP contribution is -2.39. The fourth-order valence-corrected chi connectivity index (χ4v) is 3.32. The normalized spacial score (nSPS) is 23.5. The van der Waals surface area contributed by atoms with E-state index in [9.17, 15) is 0 Å². The van der Waals surface area contributed by atoms with Crippen LogP contribution in [0, 0.1) is 5.92 Å². The number of aromatic nitrogens is 1. The van der Waals surface area contributed by atoms with Gasteiger partial charge in [0.1, 0.15) is 0 Å². The summed E-state index contributed by atoms with van der Waals surface area (Å²) in [5.41, 5.74) is 0. The summed E-state index contributed by atoms with van der Waals surface area (Å²) in [6.07, 6.45) is 4.69. The molecule has 96 valence electrons. The Morgan fingerprint density at radius 2 is 2.12 bits per heavy atom. The zero-order valence-corrected chi connectivity index (χ0v) is 11.9. The molecule has 1 aromatic heterocycles. The highest BCUT2D eigenvalue weighted by atomic mass is 32.1. The van der Waals surface area contributed by atoms with Crippen LogP contribution < -0.4 is 10.2 Å². The smallest absolute Gasteiger partial charge is 0.185 e. The lowest BCUT2D eigenvalue weighted by molar-refractivity contribution is 0.241. The van der Waals surface area contributed by atoms with Gasteiger partial charge in [-0.1, -0.05) is 6.92 Å². The van der Waals surface area contributed by atoms with Crippen molar-refractivity contribution in [2.75, 3.05) is 18.0 Å². The molecule has 1 fully saturated rings. The van der Waals surface area contributed by atoms with E-state index in [1.165, 1.54) is 17.7 Å². The number of nitrogens with zero attached hydrogens (tertiary/aromatic N) is 2. The third-order valence-corrected chi connectivity index (χ3v) is 4.57. The van der Waals surface area contributed by atoms with E-state index in [-0.39, 0.29) is 0 Å². The van der Waals surface area contributed by atoms with E-state index in [0.29, 0.717) is 0 Å². The number of thiazole rings is 1. The first kappa shape index (κ1) is 12.8. The Hall–Kier alpha value is -0.610. The fraction of sp³-hybridized carbons (Fsp3) is 0.769. The Labute approximate surface area is 108 Å². The number of rotatable bonds is 6. The third-order valence-electron chi connectivity index (χ3n) is 3.51. The van der Waals surface area contributed by atoms with E-state index in [2.05, 4.69) is 36.0 Å². The monoisotopic (exact) mass is 253 g/mol. The summed E-state index contributed by atoms with van der Waals surface area (Å²) in [7, 11) is 0. The quantitative estimate of drug-likeness (QED) is 0.845. The van der Waals surface area contributed by atoms with E-state index in [1.807, 2.05) is 17.5 Å². The molecule has 1 heterocycles. The van der Waals surface area contributed by atoms with Gasteiger partial charge in [-0.05, 0) is 32.6 Å². The molecule has 1 saturated carbocycles. The van der Waals surface area contributed by atoms with Gasteiger partial charge in [0, 0.05) is 36.8 Å². The predicted molar refractivity (Wildman–Crippen MR) is 74.7 cm³/mol. The summed E-state index contributed by atoms with van der Waals surface area (Å²) in [5, 5.41) is 4.77. The average Bonchev–Trinajstić information content (AvgIpc) is 2.73. The van der Waals surface area contributed by atoms with Gasteiger partial charge in [0.05, 0.1) is 0 Å². The van der Waals surface area contributed by atoms with E-state index in [1.54, 1.807) is 0 Å². The maximum atomic E-state index is 4.50. The van der Waals surface area contributed by atoms with Gasteiger partial charge in [-0.25, -0.2) is 4.98 Å². The van der Waals surface area contributed by atoms with Gasteiger partial charge in [0.25, 0.3) is 0 Å². The first-order chi connectivity index (χ1) is 8.22. The molecule has 1 aromatic rings. The van der Waals surface area contributed by atoms with Crippen molar-refractivity contribution >= 4 is 16.5 Å². The molecule has 0 spiro atoms. The van der Waals surface area contributed by atoms with Gasteiger partial charge in [-0.3, -0.25) is 0 Å². The molecule has 1 aliphatic carbocycles. The maximum Gasteiger partial charge on any atom is 0.185 e. The Bertz CT molecular complexity index is 340. The summed E-state index contributed by atoms with van der Waals surface area (Å²) in [5.74, 6) is 0.917. The Morgan fingerprint density at radius 1 is 1.41 bits per heavy atom. The molecule has 1 aliphatic rings. The van der Waals surface area contributed by atoms with Crippen LogP contribution in [-0.2, 0) is 6.54 Å². The molecular weight excluding hydrogens is 230 g/mol. The number of nitrogens with one attached hydrogen (secondary N) is 1. The summed E-state index contributed by atoms with van der Waals surface area (Å²) < 4.78 is 0. The lowest BCUT2D eigenvalue weighted by atomic mass is 9.82. The number of hydrogen-bond acceptors (Lipinski definition) is 4. The van der Waals surface area contributed by atoms with Crippen LogP contribution in [-0.4, -0.2) is 24.1 Å². The molecule has 0 bridgehead atoms. The van der Waals surface area contributed by atoms with Gasteiger partial charge in [0.15, 0.2) is 5.13 Å². The van der Waals surface area contributed by atoms with Gasteiger partial charge >= 0.3 is 0 Å². The van der Waals surface area contributed by atoms with Crippen LogP contribution in [0.3, 0.4) is 0 Å².